The molecule has 0 amide bonds. The molecule has 1 saturated heterocycles. The number of nitrogens with zero attached hydrogens (tertiary/aromatic N) is 1. The predicted molar refractivity (Wildman–Crippen MR) is 123 cm³/mol. The second kappa shape index (κ2) is 11.1. The fourth-order valence-corrected chi connectivity index (χ4v) is 4.89. The number of aliphatic hydroxyl groups excluding tert-OH is 1. The molecular weight excluding hydrogens is 388 g/mol. The van der Waals surface area contributed by atoms with E-state index in [1.54, 1.807) is 7.11 Å². The lowest BCUT2D eigenvalue weighted by atomic mass is 9.89. The van der Waals surface area contributed by atoms with Gasteiger partial charge in [0.05, 0.1) is 25.9 Å². The molecule has 0 bridgehead atoms. The maximum Gasteiger partial charge on any atom is 0.118 e. The zero-order chi connectivity index (χ0) is 21.5. The molecule has 5 heteroatoms. The van der Waals surface area contributed by atoms with Crippen LogP contribution in [0, 0.1) is 0 Å². The van der Waals surface area contributed by atoms with E-state index in [2.05, 4.69) is 46.6 Å². The van der Waals surface area contributed by atoms with Crippen molar-refractivity contribution in [3.8, 4) is 5.75 Å². The standard InChI is InChI=1S/C26H36N2O3/c1-30-23-13-11-21(12-14-23)25(28-15-4-5-16-28)18-27-17-22(29)19-31-26-10-6-8-20-7-2-3-9-24(20)26/h2-3,7,9,11-14,22,25-27,29H,4-6,8,10,15-19H2,1H3. The van der Waals surface area contributed by atoms with Crippen LogP contribution < -0.4 is 10.1 Å². The van der Waals surface area contributed by atoms with E-state index in [1.165, 1.54) is 29.5 Å². The molecule has 3 atom stereocenters. The normalized spacial score (nSPS) is 20.9. The summed E-state index contributed by atoms with van der Waals surface area (Å²) in [5, 5.41) is 14.0. The van der Waals surface area contributed by atoms with Crippen LogP contribution in [0.15, 0.2) is 48.5 Å². The van der Waals surface area contributed by atoms with Gasteiger partial charge in [-0.3, -0.25) is 4.90 Å². The Balaban J connectivity index is 1.27. The van der Waals surface area contributed by atoms with Gasteiger partial charge in [0, 0.05) is 19.1 Å². The van der Waals surface area contributed by atoms with E-state index in [-0.39, 0.29) is 6.10 Å². The second-order valence-electron chi connectivity index (χ2n) is 8.76. The summed E-state index contributed by atoms with van der Waals surface area (Å²) in [6.45, 7) is 3.98. The number of hydrogen-bond donors (Lipinski definition) is 2. The number of nitrogens with one attached hydrogen (secondary N) is 1. The predicted octanol–water partition coefficient (Wildman–Crippen LogP) is 3.88. The Morgan fingerprint density at radius 2 is 1.81 bits per heavy atom. The van der Waals surface area contributed by atoms with Gasteiger partial charge in [0.25, 0.3) is 0 Å². The summed E-state index contributed by atoms with van der Waals surface area (Å²) in [7, 11) is 1.70. The molecule has 2 N–H and O–H groups in total. The lowest BCUT2D eigenvalue weighted by Gasteiger charge is -2.29. The van der Waals surface area contributed by atoms with Crippen molar-refractivity contribution in [1.82, 2.24) is 10.2 Å². The molecule has 2 aromatic rings. The van der Waals surface area contributed by atoms with Crippen LogP contribution >= 0.6 is 0 Å². The first kappa shape index (κ1) is 22.3. The van der Waals surface area contributed by atoms with Crippen LogP contribution in [0.2, 0.25) is 0 Å². The molecule has 0 aromatic heterocycles. The third-order valence-electron chi connectivity index (χ3n) is 6.60. The highest BCUT2D eigenvalue weighted by atomic mass is 16.5. The van der Waals surface area contributed by atoms with Crippen molar-refractivity contribution < 1.29 is 14.6 Å². The van der Waals surface area contributed by atoms with Crippen LogP contribution in [0.4, 0.5) is 0 Å². The Morgan fingerprint density at radius 1 is 1.03 bits per heavy atom. The molecule has 3 unspecified atom stereocenters. The lowest BCUT2D eigenvalue weighted by molar-refractivity contribution is -0.0170. The van der Waals surface area contributed by atoms with Gasteiger partial charge in [-0.2, -0.15) is 0 Å². The number of hydrogen-bond acceptors (Lipinski definition) is 5. The Kier molecular flexibility index (Phi) is 7.97. The smallest absolute Gasteiger partial charge is 0.118 e. The highest BCUT2D eigenvalue weighted by Gasteiger charge is 2.24. The third kappa shape index (κ3) is 5.86. The minimum atomic E-state index is -0.510. The first-order valence-corrected chi connectivity index (χ1v) is 11.7. The largest absolute Gasteiger partial charge is 0.497 e. The first-order chi connectivity index (χ1) is 15.2. The van der Waals surface area contributed by atoms with Crippen molar-refractivity contribution >= 4 is 0 Å². The highest BCUT2D eigenvalue weighted by molar-refractivity contribution is 5.31. The van der Waals surface area contributed by atoms with E-state index in [0.29, 0.717) is 19.2 Å². The van der Waals surface area contributed by atoms with E-state index in [0.717, 1.165) is 44.6 Å². The maximum atomic E-state index is 10.5. The first-order valence-electron chi connectivity index (χ1n) is 11.7. The molecule has 31 heavy (non-hydrogen) atoms. The van der Waals surface area contributed by atoms with Gasteiger partial charge in [-0.15, -0.1) is 0 Å². The van der Waals surface area contributed by atoms with Gasteiger partial charge in [-0.25, -0.2) is 0 Å². The molecular formula is C26H36N2O3. The average Bonchev–Trinajstić information content (AvgIpc) is 3.35. The number of rotatable bonds is 10. The van der Waals surface area contributed by atoms with Crippen molar-refractivity contribution in [2.45, 2.75) is 50.4 Å². The summed E-state index contributed by atoms with van der Waals surface area (Å²) >= 11 is 0. The number of likely N-dealkylation sites (tertiary alicyclic amines) is 1. The minimum absolute atomic E-state index is 0.108. The molecule has 2 aromatic carbocycles. The van der Waals surface area contributed by atoms with Crippen LogP contribution in [-0.2, 0) is 11.2 Å². The van der Waals surface area contributed by atoms with Crippen LogP contribution in [0.25, 0.3) is 0 Å². The van der Waals surface area contributed by atoms with Crippen molar-refractivity contribution in [1.29, 1.82) is 0 Å². The number of fused-ring (bicyclic) bond motifs is 1. The summed E-state index contributed by atoms with van der Waals surface area (Å²) in [5.74, 6) is 0.883. The van der Waals surface area contributed by atoms with Crippen molar-refractivity contribution in [3.05, 3.63) is 65.2 Å². The number of benzene rings is 2. The Morgan fingerprint density at radius 3 is 2.58 bits per heavy atom. The van der Waals surface area contributed by atoms with Crippen molar-refractivity contribution in [2.24, 2.45) is 0 Å². The van der Waals surface area contributed by atoms with Crippen LogP contribution in [-0.4, -0.2) is 56.0 Å². The number of ether oxygens (including phenoxy) is 2. The van der Waals surface area contributed by atoms with Gasteiger partial charge in [0.1, 0.15) is 5.75 Å². The van der Waals surface area contributed by atoms with E-state index in [4.69, 9.17) is 9.47 Å². The van der Waals surface area contributed by atoms with E-state index < -0.39 is 6.10 Å². The molecule has 168 valence electrons. The summed E-state index contributed by atoms with van der Waals surface area (Å²) in [4.78, 5) is 2.54. The maximum absolute atomic E-state index is 10.5. The van der Waals surface area contributed by atoms with E-state index >= 15 is 0 Å². The third-order valence-corrected chi connectivity index (χ3v) is 6.60. The van der Waals surface area contributed by atoms with E-state index in [9.17, 15) is 5.11 Å². The van der Waals surface area contributed by atoms with Gasteiger partial charge in [0.15, 0.2) is 0 Å². The summed E-state index contributed by atoms with van der Waals surface area (Å²) < 4.78 is 11.4. The quantitative estimate of drug-likeness (QED) is 0.606. The molecule has 5 nitrogen and oxygen atoms in total. The number of methoxy groups -OCH3 is 1. The summed E-state index contributed by atoms with van der Waals surface area (Å²) in [6.07, 6.45) is 5.42. The second-order valence-corrected chi connectivity index (χ2v) is 8.76. The molecule has 0 radical (unpaired) electrons. The van der Waals surface area contributed by atoms with Crippen molar-refractivity contribution in [2.75, 3.05) is 39.9 Å². The number of aryl methyl sites for hydroxylation is 1. The fraction of sp³-hybridized carbons (Fsp3) is 0.538. The van der Waals surface area contributed by atoms with Gasteiger partial charge >= 0.3 is 0 Å². The van der Waals surface area contributed by atoms with E-state index in [1.807, 2.05) is 12.1 Å². The minimum Gasteiger partial charge on any atom is -0.497 e. The van der Waals surface area contributed by atoms with Crippen LogP contribution in [0.3, 0.4) is 0 Å². The molecule has 1 aliphatic heterocycles. The van der Waals surface area contributed by atoms with Crippen LogP contribution in [0.1, 0.15) is 54.5 Å². The van der Waals surface area contributed by atoms with Gasteiger partial charge in [-0.1, -0.05) is 36.4 Å². The molecule has 0 spiro atoms. The molecule has 4 rings (SSSR count). The van der Waals surface area contributed by atoms with Gasteiger partial charge in [-0.05, 0) is 74.0 Å². The Bertz CT molecular complexity index is 805. The lowest BCUT2D eigenvalue weighted by Crippen LogP contribution is -2.38. The summed E-state index contributed by atoms with van der Waals surface area (Å²) in [5.41, 5.74) is 3.97. The van der Waals surface area contributed by atoms with Gasteiger partial charge < -0.3 is 19.9 Å². The molecule has 1 fully saturated rings. The molecule has 2 aliphatic rings. The Hall–Kier alpha value is -1.92. The SMILES string of the molecule is COc1ccc(C(CNCC(O)COC2CCCc3ccccc32)N2CCCC2)cc1. The molecule has 0 saturated carbocycles. The average molecular weight is 425 g/mol. The molecule has 1 heterocycles. The van der Waals surface area contributed by atoms with Crippen molar-refractivity contribution in [3.63, 3.8) is 0 Å². The zero-order valence-electron chi connectivity index (χ0n) is 18.6. The fourth-order valence-electron chi connectivity index (χ4n) is 4.89. The highest BCUT2D eigenvalue weighted by Crippen LogP contribution is 2.32. The monoisotopic (exact) mass is 424 g/mol. The van der Waals surface area contributed by atoms with Crippen LogP contribution in [0.5, 0.6) is 5.75 Å². The van der Waals surface area contributed by atoms with Gasteiger partial charge in [0.2, 0.25) is 0 Å². The Labute approximate surface area is 186 Å². The number of aliphatic hydroxyl groups is 1. The summed E-state index contributed by atoms with van der Waals surface area (Å²) in [6, 6.07) is 17.2. The zero-order valence-corrected chi connectivity index (χ0v) is 18.6. The topological polar surface area (TPSA) is 54.0 Å². The molecule has 1 aliphatic carbocycles.